The first-order valence-electron chi connectivity index (χ1n) is 8.73. The third-order valence-electron chi connectivity index (χ3n) is 4.31. The van der Waals surface area contributed by atoms with Gasteiger partial charge in [0.05, 0.1) is 23.5 Å². The first-order valence-corrected chi connectivity index (χ1v) is 8.73. The molecule has 0 saturated heterocycles. The second kappa shape index (κ2) is 8.98. The molecule has 150 valence electrons. The van der Waals surface area contributed by atoms with Gasteiger partial charge in [-0.3, -0.25) is 24.6 Å². The fourth-order valence-corrected chi connectivity index (χ4v) is 2.80. The fourth-order valence-electron chi connectivity index (χ4n) is 2.80. The summed E-state index contributed by atoms with van der Waals surface area (Å²) in [5, 5.41) is 18.7. The highest BCUT2D eigenvalue weighted by molar-refractivity contribution is 6.10. The largest absolute Gasteiger partial charge is 0.481 e. The summed E-state index contributed by atoms with van der Waals surface area (Å²) in [4.78, 5) is 50.5. The minimum atomic E-state index is -1.07. The summed E-state index contributed by atoms with van der Waals surface area (Å²) in [5.74, 6) is -2.14. The number of carbonyl (C=O) groups excluding carboxylic acids is 3. The van der Waals surface area contributed by atoms with Gasteiger partial charge in [0.15, 0.2) is 0 Å². The van der Waals surface area contributed by atoms with Crippen LogP contribution in [0.15, 0.2) is 18.2 Å². The van der Waals surface area contributed by atoms with Crippen molar-refractivity contribution in [1.82, 2.24) is 4.90 Å². The minimum absolute atomic E-state index is 0.0117. The number of amidine groups is 1. The highest BCUT2D eigenvalue weighted by Gasteiger charge is 2.30. The van der Waals surface area contributed by atoms with Crippen molar-refractivity contribution in [3.8, 4) is 0 Å². The molecule has 1 aromatic rings. The zero-order valence-electron chi connectivity index (χ0n) is 15.5. The number of anilines is 2. The normalized spacial score (nSPS) is 13.8. The SMILES string of the molecule is CN1C(=O)CN(CCC(=O)O)C(=O)c2cc(NC(=O)CCCC(=N)N)ccc21. The number of amides is 3. The van der Waals surface area contributed by atoms with Gasteiger partial charge in [0, 0.05) is 32.1 Å². The second-order valence-corrected chi connectivity index (χ2v) is 6.48. The summed E-state index contributed by atoms with van der Waals surface area (Å²) in [6, 6.07) is 4.63. The molecule has 0 bridgehead atoms. The first kappa shape index (κ1) is 20.9. The van der Waals surface area contributed by atoms with E-state index in [-0.39, 0.29) is 49.1 Å². The van der Waals surface area contributed by atoms with Gasteiger partial charge in [-0.25, -0.2) is 0 Å². The predicted octanol–water partition coefficient (Wildman–Crippen LogP) is 0.625. The summed E-state index contributed by atoms with van der Waals surface area (Å²) in [5.41, 5.74) is 6.25. The van der Waals surface area contributed by atoms with Crippen molar-refractivity contribution in [1.29, 1.82) is 5.41 Å². The number of aliphatic carboxylic acids is 1. The average molecular weight is 389 g/mol. The summed E-state index contributed by atoms with van der Waals surface area (Å²) < 4.78 is 0. The molecule has 1 heterocycles. The van der Waals surface area contributed by atoms with E-state index >= 15 is 0 Å². The molecule has 0 aliphatic carbocycles. The van der Waals surface area contributed by atoms with Gasteiger partial charge >= 0.3 is 5.97 Å². The van der Waals surface area contributed by atoms with Crippen molar-refractivity contribution < 1.29 is 24.3 Å². The molecule has 1 aliphatic heterocycles. The van der Waals surface area contributed by atoms with E-state index < -0.39 is 11.9 Å². The number of nitrogens with zero attached hydrogens (tertiary/aromatic N) is 2. The van der Waals surface area contributed by atoms with Gasteiger partial charge in [-0.05, 0) is 24.6 Å². The van der Waals surface area contributed by atoms with Crippen molar-refractivity contribution in [2.75, 3.05) is 30.4 Å². The Bertz CT molecular complexity index is 823. The third kappa shape index (κ3) is 5.29. The topological polar surface area (TPSA) is 157 Å². The smallest absolute Gasteiger partial charge is 0.305 e. The molecule has 28 heavy (non-hydrogen) atoms. The number of fused-ring (bicyclic) bond motifs is 1. The lowest BCUT2D eigenvalue weighted by Crippen LogP contribution is -2.38. The maximum Gasteiger partial charge on any atom is 0.305 e. The van der Waals surface area contributed by atoms with Crippen LogP contribution < -0.4 is 16.0 Å². The van der Waals surface area contributed by atoms with Crippen molar-refractivity contribution in [2.24, 2.45) is 5.73 Å². The van der Waals surface area contributed by atoms with E-state index in [1.807, 2.05) is 0 Å². The zero-order valence-corrected chi connectivity index (χ0v) is 15.5. The van der Waals surface area contributed by atoms with E-state index in [2.05, 4.69) is 5.32 Å². The molecule has 0 aromatic heterocycles. The van der Waals surface area contributed by atoms with E-state index in [1.54, 1.807) is 12.1 Å². The molecule has 0 saturated carbocycles. The lowest BCUT2D eigenvalue weighted by Gasteiger charge is -2.19. The van der Waals surface area contributed by atoms with Crippen molar-refractivity contribution in [2.45, 2.75) is 25.7 Å². The number of hydrogen-bond acceptors (Lipinski definition) is 5. The van der Waals surface area contributed by atoms with Crippen molar-refractivity contribution in [3.05, 3.63) is 23.8 Å². The Morgan fingerprint density at radius 3 is 2.61 bits per heavy atom. The van der Waals surface area contributed by atoms with Crippen molar-refractivity contribution >= 4 is 40.9 Å². The van der Waals surface area contributed by atoms with Crippen LogP contribution in [0.5, 0.6) is 0 Å². The quantitative estimate of drug-likeness (QED) is 0.377. The molecule has 1 aliphatic rings. The maximum atomic E-state index is 12.8. The van der Waals surface area contributed by atoms with Gasteiger partial charge < -0.3 is 26.0 Å². The Labute approximate surface area is 161 Å². The van der Waals surface area contributed by atoms with Gasteiger partial charge in [0.2, 0.25) is 11.8 Å². The molecular weight excluding hydrogens is 366 g/mol. The first-order chi connectivity index (χ1) is 13.2. The van der Waals surface area contributed by atoms with Crippen LogP contribution >= 0.6 is 0 Å². The molecule has 10 nitrogen and oxygen atoms in total. The Hall–Kier alpha value is -3.43. The lowest BCUT2D eigenvalue weighted by atomic mass is 10.1. The standard InChI is InChI=1S/C18H23N5O5/c1-22-13-6-5-11(21-15(24)4-2-3-14(19)20)9-12(13)18(28)23(10-16(22)25)8-7-17(26)27/h5-6,9H,2-4,7-8,10H2,1H3,(H3,19,20)(H,21,24)(H,26,27). The van der Waals surface area contributed by atoms with Crippen LogP contribution in [0, 0.1) is 5.41 Å². The molecule has 0 unspecified atom stereocenters. The number of nitrogens with one attached hydrogen (secondary N) is 2. The second-order valence-electron chi connectivity index (χ2n) is 6.48. The van der Waals surface area contributed by atoms with Gasteiger partial charge in [-0.1, -0.05) is 0 Å². The van der Waals surface area contributed by atoms with Crippen LogP contribution in [0.3, 0.4) is 0 Å². The monoisotopic (exact) mass is 389 g/mol. The summed E-state index contributed by atoms with van der Waals surface area (Å²) in [6.07, 6.45) is 0.658. The number of nitrogens with two attached hydrogens (primary N) is 1. The van der Waals surface area contributed by atoms with Crippen LogP contribution in [-0.2, 0) is 14.4 Å². The van der Waals surface area contributed by atoms with E-state index in [1.165, 1.54) is 22.9 Å². The van der Waals surface area contributed by atoms with Crippen LogP contribution in [-0.4, -0.2) is 59.7 Å². The summed E-state index contributed by atoms with van der Waals surface area (Å²) in [6.45, 7) is -0.307. The number of carboxylic acids is 1. The Morgan fingerprint density at radius 1 is 1.25 bits per heavy atom. The van der Waals surface area contributed by atoms with E-state index in [0.717, 1.165) is 0 Å². The molecule has 3 amide bonds. The van der Waals surface area contributed by atoms with Gasteiger partial charge in [-0.2, -0.15) is 0 Å². The van der Waals surface area contributed by atoms with Gasteiger partial charge in [-0.15, -0.1) is 0 Å². The molecule has 0 fully saturated rings. The highest BCUT2D eigenvalue weighted by atomic mass is 16.4. The third-order valence-corrected chi connectivity index (χ3v) is 4.31. The minimum Gasteiger partial charge on any atom is -0.481 e. The molecule has 0 atom stereocenters. The number of likely N-dealkylation sites (N-methyl/N-ethyl adjacent to an activating group) is 1. The van der Waals surface area contributed by atoms with Gasteiger partial charge in [0.25, 0.3) is 5.91 Å². The van der Waals surface area contributed by atoms with E-state index in [4.69, 9.17) is 16.2 Å². The van der Waals surface area contributed by atoms with Crippen LogP contribution in [0.2, 0.25) is 0 Å². The van der Waals surface area contributed by atoms with E-state index in [9.17, 15) is 19.2 Å². The molecule has 2 rings (SSSR count). The van der Waals surface area contributed by atoms with Crippen LogP contribution in [0.1, 0.15) is 36.0 Å². The summed E-state index contributed by atoms with van der Waals surface area (Å²) in [7, 11) is 1.54. The van der Waals surface area contributed by atoms with E-state index in [0.29, 0.717) is 24.2 Å². The average Bonchev–Trinajstić information content (AvgIpc) is 2.70. The number of carbonyl (C=O) groups is 4. The predicted molar refractivity (Wildman–Crippen MR) is 102 cm³/mol. The number of benzene rings is 1. The molecular formula is C18H23N5O5. The van der Waals surface area contributed by atoms with Crippen LogP contribution in [0.4, 0.5) is 11.4 Å². The maximum absolute atomic E-state index is 12.8. The Morgan fingerprint density at radius 2 is 1.96 bits per heavy atom. The molecule has 0 radical (unpaired) electrons. The van der Waals surface area contributed by atoms with Crippen molar-refractivity contribution in [3.63, 3.8) is 0 Å². The number of hydrogen-bond donors (Lipinski definition) is 4. The molecule has 1 aromatic carbocycles. The number of carboxylic acid groups (broad SMARTS) is 1. The lowest BCUT2D eigenvalue weighted by molar-refractivity contribution is -0.137. The van der Waals surface area contributed by atoms with Crippen LogP contribution in [0.25, 0.3) is 0 Å². The molecule has 0 spiro atoms. The van der Waals surface area contributed by atoms with Gasteiger partial charge in [0.1, 0.15) is 6.54 Å². The number of rotatable bonds is 8. The Kier molecular flexibility index (Phi) is 6.69. The summed E-state index contributed by atoms with van der Waals surface area (Å²) >= 11 is 0. The highest BCUT2D eigenvalue weighted by Crippen LogP contribution is 2.28. The fraction of sp³-hybridized carbons (Fsp3) is 0.389. The molecule has 5 N–H and O–H groups in total. The molecule has 10 heteroatoms. The Balaban J connectivity index is 2.20. The zero-order chi connectivity index (χ0) is 20.8.